The standard InChI is InChI=1S/C33H27N3/c1-33(2,3)29-22-18-25(19-23-29)15-14-24-16-20-28(21-17-24)32-35-30(26-10-6-4-7-11-26)34-31(36-32)27-12-8-5-9-13-27/h4-13,16-23H,1-3H3. The molecule has 0 spiro atoms. The van der Waals surface area contributed by atoms with Crippen LogP contribution in [0.5, 0.6) is 0 Å². The minimum atomic E-state index is 0.136. The molecule has 1 aromatic heterocycles. The van der Waals surface area contributed by atoms with E-state index < -0.39 is 0 Å². The van der Waals surface area contributed by atoms with Crippen LogP contribution in [0.25, 0.3) is 34.2 Å². The van der Waals surface area contributed by atoms with Gasteiger partial charge in [0.25, 0.3) is 0 Å². The van der Waals surface area contributed by atoms with Crippen molar-refractivity contribution in [3.63, 3.8) is 0 Å². The molecule has 1 heterocycles. The number of nitrogens with zero attached hydrogens (tertiary/aromatic N) is 3. The molecular weight excluding hydrogens is 438 g/mol. The highest BCUT2D eigenvalue weighted by Gasteiger charge is 2.13. The second-order valence-corrected chi connectivity index (χ2v) is 9.69. The summed E-state index contributed by atoms with van der Waals surface area (Å²) in [5.41, 5.74) is 6.23. The van der Waals surface area contributed by atoms with Gasteiger partial charge in [-0.2, -0.15) is 0 Å². The van der Waals surface area contributed by atoms with Gasteiger partial charge in [0.15, 0.2) is 17.5 Å². The van der Waals surface area contributed by atoms with E-state index in [1.807, 2.05) is 84.9 Å². The fraction of sp³-hybridized carbons (Fsp3) is 0.121. The molecule has 0 aliphatic carbocycles. The highest BCUT2D eigenvalue weighted by molar-refractivity contribution is 5.66. The molecule has 0 fully saturated rings. The zero-order valence-corrected chi connectivity index (χ0v) is 20.7. The minimum Gasteiger partial charge on any atom is -0.208 e. The summed E-state index contributed by atoms with van der Waals surface area (Å²) in [4.78, 5) is 14.3. The van der Waals surface area contributed by atoms with E-state index in [-0.39, 0.29) is 5.41 Å². The van der Waals surface area contributed by atoms with Gasteiger partial charge in [-0.25, -0.2) is 15.0 Å². The first kappa shape index (κ1) is 23.2. The third-order valence-corrected chi connectivity index (χ3v) is 5.94. The van der Waals surface area contributed by atoms with E-state index in [0.717, 1.165) is 27.8 Å². The predicted octanol–water partition coefficient (Wildman–Crippen LogP) is 7.57. The maximum absolute atomic E-state index is 4.79. The summed E-state index contributed by atoms with van der Waals surface area (Å²) in [5.74, 6) is 8.49. The van der Waals surface area contributed by atoms with Crippen molar-refractivity contribution in [1.82, 2.24) is 15.0 Å². The van der Waals surface area contributed by atoms with Crippen molar-refractivity contribution in [2.24, 2.45) is 0 Å². The van der Waals surface area contributed by atoms with Gasteiger partial charge in [0.1, 0.15) is 0 Å². The summed E-state index contributed by atoms with van der Waals surface area (Å²) in [6.07, 6.45) is 0. The van der Waals surface area contributed by atoms with E-state index in [9.17, 15) is 0 Å². The van der Waals surface area contributed by atoms with Gasteiger partial charge < -0.3 is 0 Å². The fourth-order valence-electron chi connectivity index (χ4n) is 3.84. The smallest absolute Gasteiger partial charge is 0.164 e. The molecule has 0 atom stereocenters. The summed E-state index contributed by atoms with van der Waals surface area (Å²) in [6.45, 7) is 6.65. The van der Waals surface area contributed by atoms with Crippen LogP contribution in [0, 0.1) is 11.8 Å². The van der Waals surface area contributed by atoms with Gasteiger partial charge in [-0.1, -0.05) is 105 Å². The highest BCUT2D eigenvalue weighted by Crippen LogP contribution is 2.25. The Hall–Kier alpha value is -4.55. The molecule has 0 amide bonds. The van der Waals surface area contributed by atoms with Gasteiger partial charge in [-0.05, 0) is 47.4 Å². The van der Waals surface area contributed by atoms with Crippen LogP contribution in [0.3, 0.4) is 0 Å². The zero-order chi connectivity index (χ0) is 25.0. The van der Waals surface area contributed by atoms with Crippen LogP contribution in [0.15, 0.2) is 109 Å². The van der Waals surface area contributed by atoms with Crippen LogP contribution in [0.4, 0.5) is 0 Å². The molecule has 3 heteroatoms. The van der Waals surface area contributed by atoms with Gasteiger partial charge in [0, 0.05) is 27.8 Å². The molecule has 5 aromatic rings. The number of hydrogen-bond acceptors (Lipinski definition) is 3. The Balaban J connectivity index is 1.46. The van der Waals surface area contributed by atoms with Crippen LogP contribution < -0.4 is 0 Å². The average molecular weight is 466 g/mol. The molecule has 0 bridgehead atoms. The highest BCUT2D eigenvalue weighted by atomic mass is 15.0. The molecule has 0 saturated heterocycles. The summed E-state index contributed by atoms with van der Waals surface area (Å²) >= 11 is 0. The second-order valence-electron chi connectivity index (χ2n) is 9.69. The van der Waals surface area contributed by atoms with E-state index in [2.05, 4.69) is 56.9 Å². The lowest BCUT2D eigenvalue weighted by Gasteiger charge is -2.18. The van der Waals surface area contributed by atoms with Crippen molar-refractivity contribution in [2.75, 3.05) is 0 Å². The molecule has 0 aliphatic rings. The minimum absolute atomic E-state index is 0.136. The van der Waals surface area contributed by atoms with Crippen molar-refractivity contribution in [3.8, 4) is 46.0 Å². The van der Waals surface area contributed by atoms with Crippen molar-refractivity contribution in [1.29, 1.82) is 0 Å². The SMILES string of the molecule is CC(C)(C)c1ccc(C#Cc2ccc(-c3nc(-c4ccccc4)nc(-c4ccccc4)n3)cc2)cc1. The summed E-state index contributed by atoms with van der Waals surface area (Å²) in [6, 6.07) is 36.5. The number of benzene rings is 4. The number of rotatable bonds is 3. The topological polar surface area (TPSA) is 38.7 Å². The summed E-state index contributed by atoms with van der Waals surface area (Å²) < 4.78 is 0. The van der Waals surface area contributed by atoms with Crippen molar-refractivity contribution < 1.29 is 0 Å². The van der Waals surface area contributed by atoms with E-state index >= 15 is 0 Å². The lowest BCUT2D eigenvalue weighted by molar-refractivity contribution is 0.590. The Morgan fingerprint density at radius 2 is 0.806 bits per heavy atom. The number of hydrogen-bond donors (Lipinski definition) is 0. The molecular formula is C33H27N3. The molecule has 0 radical (unpaired) electrons. The van der Waals surface area contributed by atoms with Crippen LogP contribution in [-0.2, 0) is 5.41 Å². The summed E-state index contributed by atoms with van der Waals surface area (Å²) in [5, 5.41) is 0. The Kier molecular flexibility index (Phi) is 6.43. The molecule has 0 unspecified atom stereocenters. The second kappa shape index (κ2) is 9.98. The first-order valence-electron chi connectivity index (χ1n) is 12.1. The van der Waals surface area contributed by atoms with Gasteiger partial charge in [0.05, 0.1) is 0 Å². The molecule has 5 rings (SSSR count). The van der Waals surface area contributed by atoms with Gasteiger partial charge >= 0.3 is 0 Å². The Labute approximate surface area is 213 Å². The van der Waals surface area contributed by atoms with Crippen molar-refractivity contribution in [3.05, 3.63) is 126 Å². The molecule has 174 valence electrons. The normalized spacial score (nSPS) is 11.0. The Bertz CT molecular complexity index is 1460. The third kappa shape index (κ3) is 5.40. The van der Waals surface area contributed by atoms with Crippen LogP contribution in [0.2, 0.25) is 0 Å². The first-order chi connectivity index (χ1) is 17.5. The Morgan fingerprint density at radius 3 is 1.19 bits per heavy atom. The van der Waals surface area contributed by atoms with E-state index in [1.54, 1.807) is 0 Å². The van der Waals surface area contributed by atoms with Crippen molar-refractivity contribution >= 4 is 0 Å². The molecule has 0 saturated carbocycles. The van der Waals surface area contributed by atoms with E-state index in [1.165, 1.54) is 5.56 Å². The van der Waals surface area contributed by atoms with Gasteiger partial charge in [0.2, 0.25) is 0 Å². The van der Waals surface area contributed by atoms with Crippen molar-refractivity contribution in [2.45, 2.75) is 26.2 Å². The molecule has 0 aliphatic heterocycles. The lowest BCUT2D eigenvalue weighted by Crippen LogP contribution is -2.10. The maximum atomic E-state index is 4.79. The lowest BCUT2D eigenvalue weighted by atomic mass is 9.87. The van der Waals surface area contributed by atoms with Crippen LogP contribution >= 0.6 is 0 Å². The average Bonchev–Trinajstić information content (AvgIpc) is 2.93. The zero-order valence-electron chi connectivity index (χ0n) is 20.7. The molecule has 0 N–H and O–H groups in total. The molecule has 4 aromatic carbocycles. The van der Waals surface area contributed by atoms with E-state index in [4.69, 9.17) is 15.0 Å². The number of aromatic nitrogens is 3. The maximum Gasteiger partial charge on any atom is 0.164 e. The van der Waals surface area contributed by atoms with Crippen LogP contribution in [0.1, 0.15) is 37.5 Å². The largest absolute Gasteiger partial charge is 0.208 e. The van der Waals surface area contributed by atoms with Gasteiger partial charge in [-0.15, -0.1) is 0 Å². The van der Waals surface area contributed by atoms with E-state index in [0.29, 0.717) is 17.5 Å². The third-order valence-electron chi connectivity index (χ3n) is 5.94. The van der Waals surface area contributed by atoms with Gasteiger partial charge in [-0.3, -0.25) is 0 Å². The fourth-order valence-corrected chi connectivity index (χ4v) is 3.84. The Morgan fingerprint density at radius 1 is 0.444 bits per heavy atom. The first-order valence-corrected chi connectivity index (χ1v) is 12.1. The summed E-state index contributed by atoms with van der Waals surface area (Å²) in [7, 11) is 0. The monoisotopic (exact) mass is 465 g/mol. The molecule has 3 nitrogen and oxygen atoms in total. The quantitative estimate of drug-likeness (QED) is 0.258. The predicted molar refractivity (Wildman–Crippen MR) is 147 cm³/mol. The van der Waals surface area contributed by atoms with Crippen LogP contribution in [-0.4, -0.2) is 15.0 Å². The molecule has 36 heavy (non-hydrogen) atoms.